The van der Waals surface area contributed by atoms with Gasteiger partial charge in [0.05, 0.1) is 12.8 Å². The third kappa shape index (κ3) is 4.86. The lowest BCUT2D eigenvalue weighted by Crippen LogP contribution is -2.43. The molecule has 1 saturated heterocycles. The Hall–Kier alpha value is -2.22. The molecule has 29 heavy (non-hydrogen) atoms. The van der Waals surface area contributed by atoms with E-state index in [1.807, 2.05) is 12.1 Å². The number of rotatable bonds is 6. The maximum atomic E-state index is 12.1. The van der Waals surface area contributed by atoms with Crippen LogP contribution in [0.5, 0.6) is 0 Å². The van der Waals surface area contributed by atoms with Crippen LogP contribution in [0, 0.1) is 0 Å². The number of carbonyl (C=O) groups is 1. The summed E-state index contributed by atoms with van der Waals surface area (Å²) in [5, 5.41) is 3.50. The third-order valence-electron chi connectivity index (χ3n) is 5.44. The number of halogens is 1. The van der Waals surface area contributed by atoms with E-state index in [0.717, 1.165) is 56.9 Å². The number of likely N-dealkylation sites (N-methyl/N-ethyl adjacent to an activating group) is 1. The minimum absolute atomic E-state index is 0.100. The van der Waals surface area contributed by atoms with Crippen molar-refractivity contribution in [3.8, 4) is 0 Å². The van der Waals surface area contributed by atoms with Crippen molar-refractivity contribution in [3.05, 3.63) is 46.4 Å². The molecule has 154 valence electrons. The van der Waals surface area contributed by atoms with E-state index < -0.39 is 5.97 Å². The number of hydrogen-bond acceptors (Lipinski definition) is 7. The Morgan fingerprint density at radius 2 is 1.86 bits per heavy atom. The maximum Gasteiger partial charge on any atom is 0.360 e. The maximum absolute atomic E-state index is 12.1. The van der Waals surface area contributed by atoms with Gasteiger partial charge in [-0.15, -0.1) is 0 Å². The number of methoxy groups -OCH3 is 1. The fourth-order valence-electron chi connectivity index (χ4n) is 3.46. The summed E-state index contributed by atoms with van der Waals surface area (Å²) < 4.78 is 4.85. The number of ether oxygens (including phenoxy) is 1. The molecule has 0 unspecified atom stereocenters. The fraction of sp³-hybridized carbons (Fsp3) is 0.476. The van der Waals surface area contributed by atoms with E-state index in [4.69, 9.17) is 16.3 Å². The highest BCUT2D eigenvalue weighted by molar-refractivity contribution is 6.30. The normalized spacial score (nSPS) is 17.9. The van der Waals surface area contributed by atoms with E-state index in [0.29, 0.717) is 11.7 Å². The van der Waals surface area contributed by atoms with Gasteiger partial charge < -0.3 is 15.0 Å². The summed E-state index contributed by atoms with van der Waals surface area (Å²) in [6.45, 7) is 5.32. The largest absolute Gasteiger partial charge is 0.464 e. The zero-order chi connectivity index (χ0) is 20.4. The van der Waals surface area contributed by atoms with E-state index >= 15 is 0 Å². The van der Waals surface area contributed by atoms with Crippen LogP contribution in [0.25, 0.3) is 0 Å². The molecular formula is C21H26ClN5O2. The number of esters is 1. The van der Waals surface area contributed by atoms with Gasteiger partial charge in [-0.2, -0.15) is 0 Å². The topological polar surface area (TPSA) is 70.6 Å². The van der Waals surface area contributed by atoms with E-state index in [9.17, 15) is 4.79 Å². The molecule has 4 rings (SSSR count). The summed E-state index contributed by atoms with van der Waals surface area (Å²) in [5.41, 5.74) is 2.95. The van der Waals surface area contributed by atoms with E-state index in [2.05, 4.69) is 44.3 Å². The number of benzene rings is 1. The summed E-state index contributed by atoms with van der Waals surface area (Å²) in [4.78, 5) is 25.8. The lowest BCUT2D eigenvalue weighted by molar-refractivity contribution is 0.0595. The van der Waals surface area contributed by atoms with Crippen LogP contribution >= 0.6 is 11.6 Å². The summed E-state index contributed by atoms with van der Waals surface area (Å²) in [7, 11) is 3.48. The van der Waals surface area contributed by atoms with Gasteiger partial charge in [-0.25, -0.2) is 14.8 Å². The Kier molecular flexibility index (Phi) is 5.99. The molecule has 1 saturated carbocycles. The van der Waals surface area contributed by atoms with Gasteiger partial charge in [0.1, 0.15) is 0 Å². The summed E-state index contributed by atoms with van der Waals surface area (Å²) in [6, 6.07) is 8.20. The molecule has 2 aromatic rings. The SMILES string of the molecule is COC(=O)c1nc(Cl)c(C2CC2)nc1Nc1ccc(CN2CCN(C)CC2)cc1. The molecule has 1 aliphatic carbocycles. The van der Waals surface area contributed by atoms with Gasteiger partial charge in [0.15, 0.2) is 16.7 Å². The van der Waals surface area contributed by atoms with Crippen molar-refractivity contribution in [2.45, 2.75) is 25.3 Å². The molecule has 1 aromatic heterocycles. The van der Waals surface area contributed by atoms with Gasteiger partial charge >= 0.3 is 5.97 Å². The minimum atomic E-state index is -0.559. The smallest absolute Gasteiger partial charge is 0.360 e. The van der Waals surface area contributed by atoms with E-state index in [-0.39, 0.29) is 10.8 Å². The molecule has 2 fully saturated rings. The Morgan fingerprint density at radius 1 is 1.17 bits per heavy atom. The van der Waals surface area contributed by atoms with Crippen LogP contribution in [0.2, 0.25) is 5.15 Å². The molecule has 1 aliphatic heterocycles. The van der Waals surface area contributed by atoms with Crippen LogP contribution in [0.15, 0.2) is 24.3 Å². The van der Waals surface area contributed by atoms with Gasteiger partial charge in [-0.05, 0) is 37.6 Å². The highest BCUT2D eigenvalue weighted by Crippen LogP contribution is 2.42. The van der Waals surface area contributed by atoms with Gasteiger partial charge in [0.2, 0.25) is 0 Å². The quantitative estimate of drug-likeness (QED) is 0.726. The van der Waals surface area contributed by atoms with Crippen molar-refractivity contribution >= 4 is 29.1 Å². The number of carbonyl (C=O) groups excluding carboxylic acids is 1. The van der Waals surface area contributed by atoms with Crippen LogP contribution in [-0.4, -0.2) is 66.1 Å². The molecule has 0 spiro atoms. The van der Waals surface area contributed by atoms with Crippen molar-refractivity contribution < 1.29 is 9.53 Å². The van der Waals surface area contributed by atoms with Crippen molar-refractivity contribution in [2.75, 3.05) is 45.7 Å². The van der Waals surface area contributed by atoms with Crippen molar-refractivity contribution in [1.29, 1.82) is 0 Å². The van der Waals surface area contributed by atoms with E-state index in [1.54, 1.807) is 0 Å². The predicted octanol–water partition coefficient (Wildman–Crippen LogP) is 3.29. The predicted molar refractivity (Wildman–Crippen MR) is 113 cm³/mol. The number of hydrogen-bond donors (Lipinski definition) is 1. The Balaban J connectivity index is 1.49. The Labute approximate surface area is 176 Å². The Morgan fingerprint density at radius 3 is 2.48 bits per heavy atom. The zero-order valence-corrected chi connectivity index (χ0v) is 17.6. The standard InChI is InChI=1S/C21H26ClN5O2/c1-26-9-11-27(12-10-26)13-14-3-7-16(8-4-14)23-20-18(21(28)29-2)24-19(22)17(25-20)15-5-6-15/h3-4,7-8,15H,5-6,9-13H2,1-2H3,(H,23,25). The second-order valence-electron chi connectivity index (χ2n) is 7.76. The number of anilines is 2. The van der Waals surface area contributed by atoms with Gasteiger partial charge in [-0.1, -0.05) is 23.7 Å². The molecule has 0 bridgehead atoms. The first kappa shape index (κ1) is 20.1. The number of nitrogens with zero attached hydrogens (tertiary/aromatic N) is 4. The lowest BCUT2D eigenvalue weighted by Gasteiger charge is -2.32. The molecule has 1 aromatic carbocycles. The second-order valence-corrected chi connectivity index (χ2v) is 8.12. The van der Waals surface area contributed by atoms with Crippen LogP contribution < -0.4 is 5.32 Å². The molecule has 2 aliphatic rings. The van der Waals surface area contributed by atoms with Crippen LogP contribution in [0.3, 0.4) is 0 Å². The van der Waals surface area contributed by atoms with Crippen molar-refractivity contribution in [3.63, 3.8) is 0 Å². The van der Waals surface area contributed by atoms with Crippen LogP contribution in [-0.2, 0) is 11.3 Å². The first-order valence-corrected chi connectivity index (χ1v) is 10.3. The summed E-state index contributed by atoms with van der Waals surface area (Å²) >= 11 is 6.25. The lowest BCUT2D eigenvalue weighted by atomic mass is 10.1. The minimum Gasteiger partial charge on any atom is -0.464 e. The van der Waals surface area contributed by atoms with Crippen LogP contribution in [0.1, 0.15) is 40.5 Å². The summed E-state index contributed by atoms with van der Waals surface area (Å²) in [6.07, 6.45) is 2.10. The molecule has 2 heterocycles. The van der Waals surface area contributed by atoms with Gasteiger partial charge in [-0.3, -0.25) is 4.90 Å². The highest BCUT2D eigenvalue weighted by Gasteiger charge is 2.30. The summed E-state index contributed by atoms with van der Waals surface area (Å²) in [5.74, 6) is 0.152. The van der Waals surface area contributed by atoms with Crippen LogP contribution in [0.4, 0.5) is 11.5 Å². The number of aromatic nitrogens is 2. The molecule has 8 heteroatoms. The van der Waals surface area contributed by atoms with Gasteiger partial charge in [0, 0.05) is 44.3 Å². The molecule has 0 atom stereocenters. The van der Waals surface area contributed by atoms with Crippen molar-refractivity contribution in [1.82, 2.24) is 19.8 Å². The highest BCUT2D eigenvalue weighted by atomic mass is 35.5. The van der Waals surface area contributed by atoms with Crippen molar-refractivity contribution in [2.24, 2.45) is 0 Å². The monoisotopic (exact) mass is 415 g/mol. The molecule has 7 nitrogen and oxygen atoms in total. The molecular weight excluding hydrogens is 390 g/mol. The molecule has 1 N–H and O–H groups in total. The second kappa shape index (κ2) is 8.65. The molecule has 0 radical (unpaired) electrons. The zero-order valence-electron chi connectivity index (χ0n) is 16.8. The Bertz CT molecular complexity index is 877. The number of piperazine rings is 1. The third-order valence-corrected chi connectivity index (χ3v) is 5.72. The first-order chi connectivity index (χ1) is 14.0. The van der Waals surface area contributed by atoms with Gasteiger partial charge in [0.25, 0.3) is 0 Å². The first-order valence-electron chi connectivity index (χ1n) is 9.96. The average Bonchev–Trinajstić information content (AvgIpc) is 3.57. The average molecular weight is 416 g/mol. The fourth-order valence-corrected chi connectivity index (χ4v) is 3.75. The van der Waals surface area contributed by atoms with E-state index in [1.165, 1.54) is 12.7 Å². The molecule has 0 amide bonds. The number of nitrogens with one attached hydrogen (secondary N) is 1.